The molecule has 108 valence electrons. The molecular formula is C16H14ClNO3. The van der Waals surface area contributed by atoms with E-state index in [0.29, 0.717) is 16.7 Å². The van der Waals surface area contributed by atoms with Crippen molar-refractivity contribution in [2.24, 2.45) is 0 Å². The minimum absolute atomic E-state index is 0.0630. The molecule has 1 aliphatic carbocycles. The first kappa shape index (κ1) is 15.2. The van der Waals surface area contributed by atoms with Gasteiger partial charge in [0.2, 0.25) is 11.7 Å². The SMILES string of the molecule is C/C(=C\C1=C(Cl)C(=O)c2ccccc2C1=O)C(=O)N(C)C. The average molecular weight is 304 g/mol. The molecule has 21 heavy (non-hydrogen) atoms. The summed E-state index contributed by atoms with van der Waals surface area (Å²) in [6.45, 7) is 1.58. The second-order valence-corrected chi connectivity index (χ2v) is 5.34. The molecule has 0 N–H and O–H groups in total. The zero-order valence-electron chi connectivity index (χ0n) is 11.9. The van der Waals surface area contributed by atoms with Crippen LogP contribution < -0.4 is 0 Å². The summed E-state index contributed by atoms with van der Waals surface area (Å²) >= 11 is 6.02. The second-order valence-electron chi connectivity index (χ2n) is 4.96. The number of likely N-dealkylation sites (N-methyl/N-ethyl adjacent to an activating group) is 1. The maximum atomic E-state index is 12.4. The summed E-state index contributed by atoms with van der Waals surface area (Å²) in [6.07, 6.45) is 1.38. The van der Waals surface area contributed by atoms with Crippen LogP contribution in [0.5, 0.6) is 0 Å². The topological polar surface area (TPSA) is 54.5 Å². The maximum Gasteiger partial charge on any atom is 0.248 e. The number of carbonyl (C=O) groups is 3. The number of fused-ring (bicyclic) bond motifs is 1. The first-order valence-corrected chi connectivity index (χ1v) is 6.70. The number of allylic oxidation sites excluding steroid dienone is 3. The molecule has 0 heterocycles. The third kappa shape index (κ3) is 2.67. The fraction of sp³-hybridized carbons (Fsp3) is 0.188. The van der Waals surface area contributed by atoms with Crippen molar-refractivity contribution in [3.8, 4) is 0 Å². The standard InChI is InChI=1S/C16H14ClNO3/c1-9(16(21)18(2)3)8-12-13(17)15(20)11-7-5-4-6-10(11)14(12)19/h4-8H,1-3H3/b9-8+. The molecule has 5 heteroatoms. The molecule has 0 spiro atoms. The van der Waals surface area contributed by atoms with Gasteiger partial charge < -0.3 is 4.90 Å². The van der Waals surface area contributed by atoms with Gasteiger partial charge in [0.25, 0.3) is 0 Å². The largest absolute Gasteiger partial charge is 0.345 e. The van der Waals surface area contributed by atoms with Gasteiger partial charge in [-0.15, -0.1) is 0 Å². The number of amides is 1. The number of hydrogen-bond acceptors (Lipinski definition) is 3. The van der Waals surface area contributed by atoms with E-state index in [4.69, 9.17) is 11.6 Å². The lowest BCUT2D eigenvalue weighted by Crippen LogP contribution is -2.24. The molecular weight excluding hydrogens is 290 g/mol. The Bertz CT molecular complexity index is 714. The van der Waals surface area contributed by atoms with Crippen molar-refractivity contribution < 1.29 is 14.4 Å². The summed E-state index contributed by atoms with van der Waals surface area (Å²) in [5, 5.41) is -0.149. The quantitative estimate of drug-likeness (QED) is 0.789. The minimum atomic E-state index is -0.400. The zero-order valence-corrected chi connectivity index (χ0v) is 12.7. The van der Waals surface area contributed by atoms with E-state index in [1.54, 1.807) is 45.3 Å². The normalized spacial score (nSPS) is 15.1. The third-order valence-corrected chi connectivity index (χ3v) is 3.58. The molecule has 0 bridgehead atoms. The highest BCUT2D eigenvalue weighted by molar-refractivity contribution is 6.50. The van der Waals surface area contributed by atoms with Crippen LogP contribution in [0.25, 0.3) is 0 Å². The molecule has 0 fully saturated rings. The first-order valence-electron chi connectivity index (χ1n) is 6.32. The van der Waals surface area contributed by atoms with Gasteiger partial charge in [-0.25, -0.2) is 0 Å². The van der Waals surface area contributed by atoms with E-state index in [1.807, 2.05) is 0 Å². The van der Waals surface area contributed by atoms with Crippen LogP contribution in [0.2, 0.25) is 0 Å². The predicted molar refractivity (Wildman–Crippen MR) is 80.4 cm³/mol. The summed E-state index contributed by atoms with van der Waals surface area (Å²) in [7, 11) is 3.22. The number of ketones is 2. The van der Waals surface area contributed by atoms with E-state index < -0.39 is 5.78 Å². The van der Waals surface area contributed by atoms with Crippen molar-refractivity contribution >= 4 is 29.1 Å². The maximum absolute atomic E-state index is 12.4. The second kappa shape index (κ2) is 5.66. The van der Waals surface area contributed by atoms with Gasteiger partial charge >= 0.3 is 0 Å². The summed E-state index contributed by atoms with van der Waals surface area (Å²) in [6, 6.07) is 6.50. The average Bonchev–Trinajstić information content (AvgIpc) is 2.48. The van der Waals surface area contributed by atoms with Crippen LogP contribution in [0.4, 0.5) is 0 Å². The minimum Gasteiger partial charge on any atom is -0.345 e. The van der Waals surface area contributed by atoms with E-state index in [0.717, 1.165) is 0 Å². The van der Waals surface area contributed by atoms with Crippen molar-refractivity contribution in [2.45, 2.75) is 6.92 Å². The molecule has 4 nitrogen and oxygen atoms in total. The van der Waals surface area contributed by atoms with E-state index in [2.05, 4.69) is 0 Å². The molecule has 0 saturated carbocycles. The van der Waals surface area contributed by atoms with Gasteiger partial charge in [0.15, 0.2) is 5.78 Å². The van der Waals surface area contributed by atoms with Crippen LogP contribution in [0, 0.1) is 0 Å². The van der Waals surface area contributed by atoms with Gasteiger partial charge in [-0.1, -0.05) is 35.9 Å². The first-order chi connectivity index (χ1) is 9.84. The molecule has 0 aromatic heterocycles. The predicted octanol–water partition coefficient (Wildman–Crippen LogP) is 2.59. The molecule has 0 aliphatic heterocycles. The number of nitrogens with zero attached hydrogens (tertiary/aromatic N) is 1. The molecule has 1 aliphatic rings. The molecule has 1 aromatic carbocycles. The Morgan fingerprint density at radius 1 is 1.10 bits per heavy atom. The van der Waals surface area contributed by atoms with Gasteiger partial charge in [-0.05, 0) is 13.0 Å². The fourth-order valence-electron chi connectivity index (χ4n) is 2.12. The van der Waals surface area contributed by atoms with Gasteiger partial charge in [0.1, 0.15) is 0 Å². The van der Waals surface area contributed by atoms with Crippen LogP contribution in [-0.4, -0.2) is 36.5 Å². The van der Waals surface area contributed by atoms with Gasteiger partial charge in [-0.2, -0.15) is 0 Å². The summed E-state index contributed by atoms with van der Waals surface area (Å²) in [5.74, 6) is -0.990. The van der Waals surface area contributed by atoms with Crippen LogP contribution in [0.1, 0.15) is 27.6 Å². The molecule has 2 rings (SSSR count). The van der Waals surface area contributed by atoms with Crippen LogP contribution in [0.3, 0.4) is 0 Å². The van der Waals surface area contributed by atoms with Gasteiger partial charge in [0.05, 0.1) is 5.03 Å². The number of carbonyl (C=O) groups excluding carboxylic acids is 3. The fourth-order valence-corrected chi connectivity index (χ4v) is 2.37. The van der Waals surface area contributed by atoms with Crippen molar-refractivity contribution in [1.82, 2.24) is 4.90 Å². The highest BCUT2D eigenvalue weighted by Crippen LogP contribution is 2.29. The Hall–Kier alpha value is -2.20. The summed E-state index contributed by atoms with van der Waals surface area (Å²) in [5.41, 5.74) is 1.01. The summed E-state index contributed by atoms with van der Waals surface area (Å²) in [4.78, 5) is 37.9. The Balaban J connectivity index is 2.53. The van der Waals surface area contributed by atoms with E-state index in [9.17, 15) is 14.4 Å². The number of Topliss-reactive ketones (excluding diaryl/α,β-unsaturated/α-hetero) is 2. The lowest BCUT2D eigenvalue weighted by atomic mass is 9.88. The monoisotopic (exact) mass is 303 g/mol. The highest BCUT2D eigenvalue weighted by Gasteiger charge is 2.30. The lowest BCUT2D eigenvalue weighted by Gasteiger charge is -2.16. The molecule has 1 aromatic rings. The Morgan fingerprint density at radius 2 is 1.62 bits per heavy atom. The lowest BCUT2D eigenvalue weighted by molar-refractivity contribution is -0.124. The van der Waals surface area contributed by atoms with Crippen molar-refractivity contribution in [1.29, 1.82) is 0 Å². The molecule has 0 radical (unpaired) electrons. The highest BCUT2D eigenvalue weighted by atomic mass is 35.5. The Morgan fingerprint density at radius 3 is 2.14 bits per heavy atom. The number of benzene rings is 1. The molecule has 0 unspecified atom stereocenters. The van der Waals surface area contributed by atoms with E-state index >= 15 is 0 Å². The van der Waals surface area contributed by atoms with Gasteiger partial charge in [-0.3, -0.25) is 14.4 Å². The Kier molecular flexibility index (Phi) is 4.09. The number of rotatable bonds is 2. The molecule has 0 saturated heterocycles. The molecule has 1 amide bonds. The third-order valence-electron chi connectivity index (χ3n) is 3.20. The van der Waals surface area contributed by atoms with Crippen molar-refractivity contribution in [2.75, 3.05) is 14.1 Å². The van der Waals surface area contributed by atoms with E-state index in [1.165, 1.54) is 11.0 Å². The number of hydrogen-bond donors (Lipinski definition) is 0. The zero-order chi connectivity index (χ0) is 15.7. The van der Waals surface area contributed by atoms with E-state index in [-0.39, 0.29) is 22.3 Å². The Labute approximate surface area is 127 Å². The van der Waals surface area contributed by atoms with Crippen molar-refractivity contribution in [3.05, 3.63) is 57.6 Å². The summed E-state index contributed by atoms with van der Waals surface area (Å²) < 4.78 is 0. The number of halogens is 1. The van der Waals surface area contributed by atoms with Crippen LogP contribution >= 0.6 is 11.6 Å². The van der Waals surface area contributed by atoms with Crippen LogP contribution in [0.15, 0.2) is 46.5 Å². The van der Waals surface area contributed by atoms with Crippen molar-refractivity contribution in [3.63, 3.8) is 0 Å². The van der Waals surface area contributed by atoms with Gasteiger partial charge in [0, 0.05) is 36.4 Å². The van der Waals surface area contributed by atoms with Crippen LogP contribution in [-0.2, 0) is 4.79 Å². The molecule has 0 atom stereocenters. The smallest absolute Gasteiger partial charge is 0.248 e.